The van der Waals surface area contributed by atoms with Gasteiger partial charge in [-0.1, -0.05) is 30.3 Å². The van der Waals surface area contributed by atoms with Crippen LogP contribution in [0.25, 0.3) is 11.3 Å². The normalized spacial score (nSPS) is 11.9. The van der Waals surface area contributed by atoms with Crippen LogP contribution in [-0.4, -0.2) is 17.3 Å². The maximum atomic E-state index is 5.47. The van der Waals surface area contributed by atoms with Crippen LogP contribution in [0.3, 0.4) is 0 Å². The molecule has 0 saturated heterocycles. The number of ether oxygens (including phenoxy) is 1. The summed E-state index contributed by atoms with van der Waals surface area (Å²) < 4.78 is 5.47. The van der Waals surface area contributed by atoms with Crippen molar-refractivity contribution in [3.05, 3.63) is 59.7 Å². The second kappa shape index (κ2) is 4.66. The van der Waals surface area contributed by atoms with Gasteiger partial charge in [-0.05, 0) is 23.8 Å². The maximum absolute atomic E-state index is 5.47. The number of aromatic nitrogens is 2. The third-order valence-electron chi connectivity index (χ3n) is 3.85. The molecule has 1 heterocycles. The molecule has 1 aliphatic rings. The fourth-order valence-corrected chi connectivity index (χ4v) is 2.87. The zero-order chi connectivity index (χ0) is 14.2. The molecule has 4 heteroatoms. The Morgan fingerprint density at radius 3 is 2.76 bits per heavy atom. The van der Waals surface area contributed by atoms with E-state index in [0.717, 1.165) is 34.9 Å². The van der Waals surface area contributed by atoms with Crippen molar-refractivity contribution in [3.63, 3.8) is 0 Å². The average Bonchev–Trinajstić information content (AvgIpc) is 3.08. The van der Waals surface area contributed by atoms with Gasteiger partial charge in [-0.2, -0.15) is 5.10 Å². The number of methoxy groups -OCH3 is 1. The molecule has 0 unspecified atom stereocenters. The van der Waals surface area contributed by atoms with Crippen LogP contribution in [0.15, 0.2) is 48.5 Å². The Labute approximate surface area is 122 Å². The molecule has 21 heavy (non-hydrogen) atoms. The van der Waals surface area contributed by atoms with Gasteiger partial charge in [0.1, 0.15) is 5.75 Å². The van der Waals surface area contributed by atoms with E-state index in [0.29, 0.717) is 0 Å². The molecule has 0 aliphatic heterocycles. The number of H-pyrrole nitrogens is 1. The Morgan fingerprint density at radius 1 is 1.10 bits per heavy atom. The first-order valence-corrected chi connectivity index (χ1v) is 6.92. The van der Waals surface area contributed by atoms with Crippen molar-refractivity contribution in [1.29, 1.82) is 0 Å². The van der Waals surface area contributed by atoms with E-state index in [4.69, 9.17) is 4.74 Å². The number of nitrogens with one attached hydrogen (secondary N) is 2. The van der Waals surface area contributed by atoms with E-state index >= 15 is 0 Å². The van der Waals surface area contributed by atoms with Crippen molar-refractivity contribution in [2.24, 2.45) is 0 Å². The molecule has 4 rings (SSSR count). The summed E-state index contributed by atoms with van der Waals surface area (Å²) in [6, 6.07) is 16.2. The van der Waals surface area contributed by atoms with E-state index in [1.165, 1.54) is 11.1 Å². The van der Waals surface area contributed by atoms with Crippen molar-refractivity contribution >= 4 is 11.5 Å². The van der Waals surface area contributed by atoms with Gasteiger partial charge in [-0.25, -0.2) is 0 Å². The fraction of sp³-hybridized carbons (Fsp3) is 0.118. The molecule has 0 fully saturated rings. The lowest BCUT2D eigenvalue weighted by molar-refractivity contribution is 0.416. The van der Waals surface area contributed by atoms with Crippen molar-refractivity contribution < 1.29 is 4.74 Å². The number of hydrogen-bond donors (Lipinski definition) is 2. The zero-order valence-corrected chi connectivity index (χ0v) is 11.7. The highest BCUT2D eigenvalue weighted by molar-refractivity contribution is 5.83. The third kappa shape index (κ3) is 1.88. The van der Waals surface area contributed by atoms with E-state index in [2.05, 4.69) is 21.6 Å². The van der Waals surface area contributed by atoms with Crippen molar-refractivity contribution in [1.82, 2.24) is 10.2 Å². The quantitative estimate of drug-likeness (QED) is 0.600. The van der Waals surface area contributed by atoms with Gasteiger partial charge in [0.2, 0.25) is 0 Å². The lowest BCUT2D eigenvalue weighted by atomic mass is 10.1. The van der Waals surface area contributed by atoms with E-state index in [1.54, 1.807) is 7.11 Å². The monoisotopic (exact) mass is 277 g/mol. The van der Waals surface area contributed by atoms with Crippen LogP contribution in [0.5, 0.6) is 5.75 Å². The molecule has 0 bridgehead atoms. The van der Waals surface area contributed by atoms with Gasteiger partial charge >= 0.3 is 0 Å². The summed E-state index contributed by atoms with van der Waals surface area (Å²) in [7, 11) is 1.70. The van der Waals surface area contributed by atoms with E-state index in [-0.39, 0.29) is 0 Å². The molecule has 0 atom stereocenters. The van der Waals surface area contributed by atoms with E-state index in [1.807, 2.05) is 42.5 Å². The van der Waals surface area contributed by atoms with Gasteiger partial charge in [-0.15, -0.1) is 0 Å². The molecule has 0 spiro atoms. The van der Waals surface area contributed by atoms with Crippen LogP contribution in [0, 0.1) is 0 Å². The predicted octanol–water partition coefficient (Wildman–Crippen LogP) is 3.73. The van der Waals surface area contributed by atoms with Gasteiger partial charge < -0.3 is 10.1 Å². The SMILES string of the molecule is COc1cccc2c1-c1[nH]nc(Nc3ccccc3)c1C2. The van der Waals surface area contributed by atoms with Gasteiger partial charge in [0.15, 0.2) is 5.82 Å². The van der Waals surface area contributed by atoms with Crippen LogP contribution in [-0.2, 0) is 6.42 Å². The standard InChI is InChI=1S/C17H15N3O/c1-21-14-9-5-6-11-10-13-16(15(11)14)19-20-17(13)18-12-7-3-2-4-8-12/h2-9H,10H2,1H3,(H2,18,19,20). The summed E-state index contributed by atoms with van der Waals surface area (Å²) in [5.74, 6) is 1.77. The molecule has 2 aromatic carbocycles. The number of rotatable bonds is 3. The maximum Gasteiger partial charge on any atom is 0.156 e. The Balaban J connectivity index is 1.75. The molecule has 0 saturated carbocycles. The minimum Gasteiger partial charge on any atom is -0.496 e. The lowest BCUT2D eigenvalue weighted by Gasteiger charge is -2.06. The fourth-order valence-electron chi connectivity index (χ4n) is 2.87. The molecule has 104 valence electrons. The van der Waals surface area contributed by atoms with E-state index < -0.39 is 0 Å². The smallest absolute Gasteiger partial charge is 0.156 e. The number of hydrogen-bond acceptors (Lipinski definition) is 3. The lowest BCUT2D eigenvalue weighted by Crippen LogP contribution is -1.94. The number of fused-ring (bicyclic) bond motifs is 3. The molecule has 4 nitrogen and oxygen atoms in total. The zero-order valence-electron chi connectivity index (χ0n) is 11.7. The predicted molar refractivity (Wildman–Crippen MR) is 83.1 cm³/mol. The summed E-state index contributed by atoms with van der Waals surface area (Å²) in [4.78, 5) is 0. The highest BCUT2D eigenvalue weighted by atomic mass is 16.5. The first kappa shape index (κ1) is 12.0. The van der Waals surface area contributed by atoms with Gasteiger partial charge in [0.25, 0.3) is 0 Å². The number of nitrogens with zero attached hydrogens (tertiary/aromatic N) is 1. The van der Waals surface area contributed by atoms with Crippen molar-refractivity contribution in [3.8, 4) is 17.0 Å². The minimum atomic E-state index is 0.869. The van der Waals surface area contributed by atoms with E-state index in [9.17, 15) is 0 Å². The molecule has 1 aliphatic carbocycles. The van der Waals surface area contributed by atoms with Crippen molar-refractivity contribution in [2.75, 3.05) is 12.4 Å². The van der Waals surface area contributed by atoms with Gasteiger partial charge in [-0.3, -0.25) is 5.10 Å². The van der Waals surface area contributed by atoms with Crippen molar-refractivity contribution in [2.45, 2.75) is 6.42 Å². The summed E-state index contributed by atoms with van der Waals surface area (Å²) in [6.45, 7) is 0. The van der Waals surface area contributed by atoms with Crippen LogP contribution in [0.2, 0.25) is 0 Å². The Morgan fingerprint density at radius 2 is 1.95 bits per heavy atom. The topological polar surface area (TPSA) is 49.9 Å². The van der Waals surface area contributed by atoms with Crippen LogP contribution < -0.4 is 10.1 Å². The molecular formula is C17H15N3O. The summed E-state index contributed by atoms with van der Waals surface area (Å²) in [6.07, 6.45) is 0.869. The van der Waals surface area contributed by atoms with Crippen LogP contribution >= 0.6 is 0 Å². The molecule has 3 aromatic rings. The van der Waals surface area contributed by atoms with Crippen LogP contribution in [0.4, 0.5) is 11.5 Å². The van der Waals surface area contributed by atoms with Gasteiger partial charge in [0.05, 0.1) is 12.8 Å². The summed E-state index contributed by atoms with van der Waals surface area (Å²) in [5, 5.41) is 10.9. The van der Waals surface area contributed by atoms with Crippen LogP contribution in [0.1, 0.15) is 11.1 Å². The molecule has 2 N–H and O–H groups in total. The number of anilines is 2. The number of aromatic amines is 1. The second-order valence-corrected chi connectivity index (χ2v) is 5.09. The summed E-state index contributed by atoms with van der Waals surface area (Å²) >= 11 is 0. The molecule has 0 radical (unpaired) electrons. The highest BCUT2D eigenvalue weighted by Crippen LogP contribution is 2.44. The Kier molecular flexibility index (Phi) is 2.67. The first-order valence-electron chi connectivity index (χ1n) is 6.92. The summed E-state index contributed by atoms with van der Waals surface area (Å²) in [5.41, 5.74) is 5.69. The molecular weight excluding hydrogens is 262 g/mol. The Bertz CT molecular complexity index is 793. The second-order valence-electron chi connectivity index (χ2n) is 5.09. The Hall–Kier alpha value is -2.75. The van der Waals surface area contributed by atoms with Gasteiger partial charge in [0, 0.05) is 23.2 Å². The minimum absolute atomic E-state index is 0.869. The molecule has 0 amide bonds. The molecule has 1 aromatic heterocycles. The third-order valence-corrected chi connectivity index (χ3v) is 3.85. The highest BCUT2D eigenvalue weighted by Gasteiger charge is 2.27. The number of benzene rings is 2. The number of para-hydroxylation sites is 1. The largest absolute Gasteiger partial charge is 0.496 e. The average molecular weight is 277 g/mol. The first-order chi connectivity index (χ1) is 10.4.